The summed E-state index contributed by atoms with van der Waals surface area (Å²) in [4.78, 5) is 18.9. The number of primary sulfonamides is 1. The van der Waals surface area contributed by atoms with Gasteiger partial charge < -0.3 is 26.1 Å². The number of urea groups is 1. The van der Waals surface area contributed by atoms with E-state index in [9.17, 15) is 13.2 Å². The van der Waals surface area contributed by atoms with E-state index in [1.165, 1.54) is 11.9 Å². The van der Waals surface area contributed by atoms with Gasteiger partial charge in [-0.15, -0.1) is 4.41 Å². The summed E-state index contributed by atoms with van der Waals surface area (Å²) in [6.07, 6.45) is 9.00. The number of hydrazine groups is 2. The number of rotatable bonds is 3. The topological polar surface area (TPSA) is 126 Å². The Morgan fingerprint density at radius 2 is 1.81 bits per heavy atom. The molecule has 2 fully saturated rings. The van der Waals surface area contributed by atoms with Crippen LogP contribution >= 0.6 is 11.9 Å². The van der Waals surface area contributed by atoms with Crippen LogP contribution in [0.3, 0.4) is 0 Å². The molecule has 1 aliphatic carbocycles. The quantitative estimate of drug-likeness (QED) is 0.408. The number of carbonyl (C=O) groups is 1. The van der Waals surface area contributed by atoms with Crippen LogP contribution in [-0.2, 0) is 10.0 Å². The third-order valence-electron chi connectivity index (χ3n) is 6.21. The highest BCUT2D eigenvalue weighted by Crippen LogP contribution is 2.44. The first-order valence-corrected chi connectivity index (χ1v) is 12.6. The molecule has 0 spiro atoms. The van der Waals surface area contributed by atoms with Gasteiger partial charge in [0.2, 0.25) is 10.0 Å². The lowest BCUT2D eigenvalue weighted by atomic mass is 9.90. The third kappa shape index (κ3) is 3.49. The summed E-state index contributed by atoms with van der Waals surface area (Å²) in [7, 11) is -3.93. The molecule has 168 valence electrons. The zero-order valence-electron chi connectivity index (χ0n) is 17.0. The first-order chi connectivity index (χ1) is 14.9. The van der Waals surface area contributed by atoms with Crippen molar-refractivity contribution in [3.63, 3.8) is 0 Å². The molecule has 5 aliphatic rings. The second kappa shape index (κ2) is 7.74. The molecule has 5 rings (SSSR count). The number of hydrogen-bond donors (Lipinski definition) is 4. The van der Waals surface area contributed by atoms with Crippen molar-refractivity contribution in [2.24, 2.45) is 5.14 Å². The minimum absolute atomic E-state index is 0.0423. The standard InChI is InChI=1S/C18H26N8O3S2/c19-31(28,29)14-11-16-15(13-20-22-16)18(12-14,26-21-3-10-30-26)25-8-6-24(7-9-25)17(27)23-4-1-2-5-23/h3,10-13,20-22H,1-2,4-9H2,(H2,19,28,29). The maximum absolute atomic E-state index is 12.8. The second-order valence-electron chi connectivity index (χ2n) is 7.99. The van der Waals surface area contributed by atoms with Crippen LogP contribution in [0.4, 0.5) is 4.79 Å². The normalized spacial score (nSPS) is 29.0. The van der Waals surface area contributed by atoms with Crippen molar-refractivity contribution in [1.29, 1.82) is 0 Å². The molecule has 0 aromatic carbocycles. The minimum atomic E-state index is -3.93. The van der Waals surface area contributed by atoms with Crippen LogP contribution in [0.1, 0.15) is 12.8 Å². The fraction of sp³-hybridized carbons (Fsp3) is 0.500. The summed E-state index contributed by atoms with van der Waals surface area (Å²) < 4.78 is 26.5. The van der Waals surface area contributed by atoms with Crippen molar-refractivity contribution in [2.45, 2.75) is 18.5 Å². The fourth-order valence-electron chi connectivity index (χ4n) is 4.68. The molecule has 1 atom stereocenters. The molecule has 11 nitrogen and oxygen atoms in total. The van der Waals surface area contributed by atoms with E-state index < -0.39 is 15.7 Å². The van der Waals surface area contributed by atoms with Gasteiger partial charge in [0.15, 0.2) is 5.66 Å². The number of allylic oxidation sites excluding steroid dienone is 1. The molecule has 0 aromatic rings. The van der Waals surface area contributed by atoms with Gasteiger partial charge in [0, 0.05) is 62.6 Å². The molecule has 2 saturated heterocycles. The van der Waals surface area contributed by atoms with Gasteiger partial charge in [0.25, 0.3) is 0 Å². The summed E-state index contributed by atoms with van der Waals surface area (Å²) in [5.41, 5.74) is 9.82. The highest BCUT2D eigenvalue weighted by atomic mass is 32.2. The predicted molar refractivity (Wildman–Crippen MR) is 117 cm³/mol. The SMILES string of the molecule is NS(=O)(=O)C1=CC(N2CCN(C(=O)N3CCCC3)CC2)(N2NC=CS2)C2=CNNC2=C1. The van der Waals surface area contributed by atoms with E-state index in [-0.39, 0.29) is 10.9 Å². The Bertz CT molecular complexity index is 985. The Morgan fingerprint density at radius 1 is 1.10 bits per heavy atom. The van der Waals surface area contributed by atoms with Gasteiger partial charge in [-0.25, -0.2) is 18.4 Å². The summed E-state index contributed by atoms with van der Waals surface area (Å²) in [5.74, 6) is 0. The van der Waals surface area contributed by atoms with Crippen molar-refractivity contribution in [3.05, 3.63) is 46.1 Å². The van der Waals surface area contributed by atoms with Crippen LogP contribution in [0.5, 0.6) is 0 Å². The molecule has 5 N–H and O–H groups in total. The fourth-order valence-corrected chi connectivity index (χ4v) is 6.08. The van der Waals surface area contributed by atoms with Crippen molar-refractivity contribution < 1.29 is 13.2 Å². The number of carbonyl (C=O) groups excluding carboxylic acids is 1. The van der Waals surface area contributed by atoms with Gasteiger partial charge in [0.05, 0.1) is 10.6 Å². The van der Waals surface area contributed by atoms with Crippen molar-refractivity contribution >= 4 is 28.0 Å². The van der Waals surface area contributed by atoms with Crippen molar-refractivity contribution in [3.8, 4) is 0 Å². The van der Waals surface area contributed by atoms with Crippen LogP contribution in [0.25, 0.3) is 0 Å². The minimum Gasteiger partial charge on any atom is -0.325 e. The van der Waals surface area contributed by atoms with E-state index >= 15 is 0 Å². The Hall–Kier alpha value is -2.19. The maximum atomic E-state index is 12.8. The van der Waals surface area contributed by atoms with E-state index in [4.69, 9.17) is 5.14 Å². The van der Waals surface area contributed by atoms with Gasteiger partial charge in [-0.1, -0.05) is 0 Å². The second-order valence-corrected chi connectivity index (χ2v) is 10.4. The van der Waals surface area contributed by atoms with Gasteiger partial charge in [-0.3, -0.25) is 4.90 Å². The molecule has 4 aliphatic heterocycles. The zero-order chi connectivity index (χ0) is 21.6. The van der Waals surface area contributed by atoms with E-state index in [1.54, 1.807) is 18.4 Å². The molecule has 1 unspecified atom stereocenters. The highest BCUT2D eigenvalue weighted by Gasteiger charge is 2.51. The number of piperazine rings is 1. The van der Waals surface area contributed by atoms with Crippen LogP contribution < -0.4 is 21.4 Å². The number of hydrogen-bond acceptors (Lipinski definition) is 9. The average molecular weight is 467 g/mol. The lowest BCUT2D eigenvalue weighted by Gasteiger charge is -2.51. The lowest BCUT2D eigenvalue weighted by Crippen LogP contribution is -2.66. The Labute approximate surface area is 185 Å². The molecule has 31 heavy (non-hydrogen) atoms. The Morgan fingerprint density at radius 3 is 2.45 bits per heavy atom. The third-order valence-corrected chi connectivity index (χ3v) is 7.96. The number of amides is 2. The van der Waals surface area contributed by atoms with E-state index in [2.05, 4.69) is 21.2 Å². The Kier molecular flexibility index (Phi) is 5.17. The number of nitrogens with one attached hydrogen (secondary N) is 3. The molecule has 0 aromatic heterocycles. The average Bonchev–Trinajstić information content (AvgIpc) is 3.54. The highest BCUT2D eigenvalue weighted by molar-refractivity contribution is 8.00. The summed E-state index contributed by atoms with van der Waals surface area (Å²) >= 11 is 1.44. The number of nitrogens with two attached hydrogens (primary N) is 1. The molecule has 4 heterocycles. The monoisotopic (exact) mass is 466 g/mol. The van der Waals surface area contributed by atoms with Crippen molar-refractivity contribution in [2.75, 3.05) is 39.3 Å². The first-order valence-electron chi connectivity index (χ1n) is 10.3. The molecular formula is C18H26N8O3S2. The molecular weight excluding hydrogens is 440 g/mol. The molecule has 0 bridgehead atoms. The summed E-state index contributed by atoms with van der Waals surface area (Å²) in [6, 6.07) is 0.0925. The van der Waals surface area contributed by atoms with E-state index in [0.29, 0.717) is 31.9 Å². The van der Waals surface area contributed by atoms with Crippen LogP contribution in [0.2, 0.25) is 0 Å². The summed E-state index contributed by atoms with van der Waals surface area (Å²) in [5, 5.41) is 7.42. The van der Waals surface area contributed by atoms with Gasteiger partial charge in [-0.05, 0) is 36.9 Å². The smallest absolute Gasteiger partial charge is 0.320 e. The first kappa shape index (κ1) is 20.7. The van der Waals surface area contributed by atoms with Crippen LogP contribution in [0.15, 0.2) is 46.1 Å². The predicted octanol–water partition coefficient (Wildman–Crippen LogP) is -0.483. The summed E-state index contributed by atoms with van der Waals surface area (Å²) in [6.45, 7) is 3.93. The van der Waals surface area contributed by atoms with Crippen LogP contribution in [0, 0.1) is 0 Å². The number of fused-ring (bicyclic) bond motifs is 1. The van der Waals surface area contributed by atoms with Gasteiger partial charge >= 0.3 is 6.03 Å². The number of likely N-dealkylation sites (tertiary alicyclic amines) is 1. The molecule has 13 heteroatoms. The number of nitrogens with zero attached hydrogens (tertiary/aromatic N) is 4. The van der Waals surface area contributed by atoms with E-state index in [0.717, 1.165) is 31.5 Å². The van der Waals surface area contributed by atoms with E-state index in [1.807, 2.05) is 25.8 Å². The Balaban J connectivity index is 1.47. The largest absolute Gasteiger partial charge is 0.325 e. The molecule has 0 saturated carbocycles. The maximum Gasteiger partial charge on any atom is 0.320 e. The lowest BCUT2D eigenvalue weighted by molar-refractivity contribution is 0.0169. The zero-order valence-corrected chi connectivity index (χ0v) is 18.6. The van der Waals surface area contributed by atoms with Crippen molar-refractivity contribution in [1.82, 2.24) is 35.4 Å². The molecule has 0 radical (unpaired) electrons. The van der Waals surface area contributed by atoms with Gasteiger partial charge in [-0.2, -0.15) is 0 Å². The number of sulfonamides is 1. The van der Waals surface area contributed by atoms with Crippen LogP contribution in [-0.4, -0.2) is 78.5 Å². The van der Waals surface area contributed by atoms with Gasteiger partial charge in [0.1, 0.15) is 0 Å². The molecule has 2 amide bonds.